The molecule has 1 heterocycles. The van der Waals surface area contributed by atoms with Crippen molar-refractivity contribution in [3.05, 3.63) is 28.8 Å². The Bertz CT molecular complexity index is 564. The fourth-order valence-electron chi connectivity index (χ4n) is 3.59. The van der Waals surface area contributed by atoms with E-state index in [0.29, 0.717) is 0 Å². The minimum absolute atomic E-state index is 0.0799. The van der Waals surface area contributed by atoms with Gasteiger partial charge in [-0.15, -0.1) is 0 Å². The van der Waals surface area contributed by atoms with Crippen molar-refractivity contribution in [3.63, 3.8) is 0 Å². The van der Waals surface area contributed by atoms with Crippen molar-refractivity contribution in [2.24, 2.45) is 0 Å². The molecule has 4 nitrogen and oxygen atoms in total. The number of amides is 2. The van der Waals surface area contributed by atoms with E-state index in [1.54, 1.807) is 13.8 Å². The molecule has 0 aliphatic carbocycles. The SMILES string of the molecule is CC(=O)N1CCC(N(C(C)=O)c2c(C)cc(C)cc2C)CC1. The second kappa shape index (κ2) is 6.51. The Kier molecular flexibility index (Phi) is 4.89. The predicted octanol–water partition coefficient (Wildman–Crippen LogP) is 2.98. The summed E-state index contributed by atoms with van der Waals surface area (Å²) in [5, 5.41) is 0. The van der Waals surface area contributed by atoms with E-state index in [1.165, 1.54) is 5.56 Å². The van der Waals surface area contributed by atoms with Gasteiger partial charge >= 0.3 is 0 Å². The number of likely N-dealkylation sites (tertiary alicyclic amines) is 1. The number of rotatable bonds is 2. The Morgan fingerprint density at radius 2 is 1.55 bits per heavy atom. The van der Waals surface area contributed by atoms with Gasteiger partial charge in [-0.2, -0.15) is 0 Å². The highest BCUT2D eigenvalue weighted by atomic mass is 16.2. The Labute approximate surface area is 133 Å². The van der Waals surface area contributed by atoms with E-state index in [1.807, 2.05) is 9.80 Å². The average Bonchev–Trinajstić information content (AvgIpc) is 2.42. The highest BCUT2D eigenvalue weighted by Crippen LogP contribution is 2.31. The van der Waals surface area contributed by atoms with Crippen LogP contribution in [0, 0.1) is 20.8 Å². The Morgan fingerprint density at radius 1 is 1.05 bits per heavy atom. The Balaban J connectivity index is 2.29. The Morgan fingerprint density at radius 3 is 1.95 bits per heavy atom. The maximum atomic E-state index is 12.3. The van der Waals surface area contributed by atoms with Gasteiger partial charge in [0, 0.05) is 38.7 Å². The molecule has 1 fully saturated rings. The number of piperidine rings is 1. The topological polar surface area (TPSA) is 40.6 Å². The average molecular weight is 302 g/mol. The molecule has 0 N–H and O–H groups in total. The number of anilines is 1. The summed E-state index contributed by atoms with van der Waals surface area (Å²) >= 11 is 0. The summed E-state index contributed by atoms with van der Waals surface area (Å²) in [5.41, 5.74) is 4.54. The largest absolute Gasteiger partial charge is 0.343 e. The molecule has 4 heteroatoms. The summed E-state index contributed by atoms with van der Waals surface area (Å²) in [6.07, 6.45) is 1.68. The molecule has 1 aliphatic heterocycles. The van der Waals surface area contributed by atoms with Gasteiger partial charge in [-0.3, -0.25) is 9.59 Å². The van der Waals surface area contributed by atoms with Crippen LogP contribution in [0.15, 0.2) is 12.1 Å². The van der Waals surface area contributed by atoms with Crippen LogP contribution in [0.4, 0.5) is 5.69 Å². The number of hydrogen-bond acceptors (Lipinski definition) is 2. The first-order valence-corrected chi connectivity index (χ1v) is 7.94. The van der Waals surface area contributed by atoms with Crippen LogP contribution in [0.5, 0.6) is 0 Å². The minimum Gasteiger partial charge on any atom is -0.343 e. The van der Waals surface area contributed by atoms with Crippen molar-refractivity contribution in [2.75, 3.05) is 18.0 Å². The maximum Gasteiger partial charge on any atom is 0.224 e. The minimum atomic E-state index is 0.0799. The molecule has 0 saturated carbocycles. The summed E-state index contributed by atoms with van der Waals surface area (Å²) < 4.78 is 0. The van der Waals surface area contributed by atoms with Crippen molar-refractivity contribution in [2.45, 2.75) is 53.5 Å². The molecule has 22 heavy (non-hydrogen) atoms. The number of benzene rings is 1. The molecule has 2 amide bonds. The van der Waals surface area contributed by atoms with Crippen LogP contribution in [0.2, 0.25) is 0 Å². The molecule has 0 spiro atoms. The monoisotopic (exact) mass is 302 g/mol. The van der Waals surface area contributed by atoms with Crippen molar-refractivity contribution in [1.82, 2.24) is 4.90 Å². The summed E-state index contributed by atoms with van der Waals surface area (Å²) in [7, 11) is 0. The van der Waals surface area contributed by atoms with E-state index in [-0.39, 0.29) is 17.9 Å². The number of aryl methyl sites for hydroxylation is 3. The standard InChI is InChI=1S/C18H26N2O2/c1-12-10-13(2)18(14(3)11-12)20(16(5)22)17-6-8-19(9-7-17)15(4)21/h10-11,17H,6-9H2,1-5H3. The number of nitrogens with zero attached hydrogens (tertiary/aromatic N) is 2. The molecular formula is C18H26N2O2. The van der Waals surface area contributed by atoms with E-state index in [9.17, 15) is 9.59 Å². The fourth-order valence-corrected chi connectivity index (χ4v) is 3.59. The molecule has 0 aromatic heterocycles. The third-order valence-electron chi connectivity index (χ3n) is 4.49. The van der Waals surface area contributed by atoms with Crippen LogP contribution in [-0.4, -0.2) is 35.8 Å². The van der Waals surface area contributed by atoms with Gasteiger partial charge in [0.15, 0.2) is 0 Å². The van der Waals surface area contributed by atoms with Crippen molar-refractivity contribution in [1.29, 1.82) is 0 Å². The normalized spacial score (nSPS) is 15.8. The van der Waals surface area contributed by atoms with Gasteiger partial charge in [-0.1, -0.05) is 17.7 Å². The first kappa shape index (κ1) is 16.5. The lowest BCUT2D eigenvalue weighted by molar-refractivity contribution is -0.129. The molecule has 1 aromatic carbocycles. The van der Waals surface area contributed by atoms with Gasteiger partial charge in [-0.25, -0.2) is 0 Å². The summed E-state index contributed by atoms with van der Waals surface area (Å²) in [4.78, 5) is 27.6. The van der Waals surface area contributed by atoms with Crippen LogP contribution >= 0.6 is 0 Å². The molecule has 0 atom stereocenters. The molecule has 0 radical (unpaired) electrons. The molecule has 120 valence electrons. The van der Waals surface area contributed by atoms with E-state index >= 15 is 0 Å². The molecule has 2 rings (SSSR count). The second-order valence-corrected chi connectivity index (χ2v) is 6.37. The predicted molar refractivity (Wildman–Crippen MR) is 89.1 cm³/mol. The van der Waals surface area contributed by atoms with E-state index in [4.69, 9.17) is 0 Å². The lowest BCUT2D eigenvalue weighted by Gasteiger charge is -2.39. The molecular weight excluding hydrogens is 276 g/mol. The van der Waals surface area contributed by atoms with E-state index < -0.39 is 0 Å². The van der Waals surface area contributed by atoms with E-state index in [2.05, 4.69) is 32.9 Å². The fraction of sp³-hybridized carbons (Fsp3) is 0.556. The third kappa shape index (κ3) is 3.32. The number of carbonyl (C=O) groups is 2. The molecule has 1 aromatic rings. The molecule has 1 saturated heterocycles. The second-order valence-electron chi connectivity index (χ2n) is 6.37. The van der Waals surface area contributed by atoms with Crippen LogP contribution < -0.4 is 4.90 Å². The first-order valence-electron chi connectivity index (χ1n) is 7.94. The summed E-state index contributed by atoms with van der Waals surface area (Å²) in [6, 6.07) is 4.43. The van der Waals surface area contributed by atoms with Crippen LogP contribution in [-0.2, 0) is 9.59 Å². The van der Waals surface area contributed by atoms with Crippen molar-refractivity contribution < 1.29 is 9.59 Å². The van der Waals surface area contributed by atoms with E-state index in [0.717, 1.165) is 42.7 Å². The van der Waals surface area contributed by atoms with Crippen LogP contribution in [0.25, 0.3) is 0 Å². The van der Waals surface area contributed by atoms with Gasteiger partial charge in [0.05, 0.1) is 0 Å². The summed E-state index contributed by atoms with van der Waals surface area (Å²) in [6.45, 7) is 10.9. The van der Waals surface area contributed by atoms with Crippen molar-refractivity contribution in [3.8, 4) is 0 Å². The molecule has 1 aliphatic rings. The summed E-state index contributed by atoms with van der Waals surface area (Å²) in [5.74, 6) is 0.201. The molecule has 0 bridgehead atoms. The van der Waals surface area contributed by atoms with Crippen LogP contribution in [0.3, 0.4) is 0 Å². The number of carbonyl (C=O) groups excluding carboxylic acids is 2. The van der Waals surface area contributed by atoms with Crippen LogP contribution in [0.1, 0.15) is 43.4 Å². The zero-order chi connectivity index (χ0) is 16.4. The highest BCUT2D eigenvalue weighted by Gasteiger charge is 2.29. The van der Waals surface area contributed by atoms with Gasteiger partial charge in [-0.05, 0) is 44.7 Å². The Hall–Kier alpha value is -1.84. The quantitative estimate of drug-likeness (QED) is 0.842. The zero-order valence-electron chi connectivity index (χ0n) is 14.3. The maximum absolute atomic E-state index is 12.3. The van der Waals surface area contributed by atoms with Crippen molar-refractivity contribution >= 4 is 17.5 Å². The molecule has 0 unspecified atom stereocenters. The lowest BCUT2D eigenvalue weighted by atomic mass is 9.98. The smallest absolute Gasteiger partial charge is 0.224 e. The van der Waals surface area contributed by atoms with Gasteiger partial charge in [0.2, 0.25) is 11.8 Å². The van der Waals surface area contributed by atoms with Gasteiger partial charge < -0.3 is 9.80 Å². The lowest BCUT2D eigenvalue weighted by Crippen LogP contribution is -2.48. The van der Waals surface area contributed by atoms with Gasteiger partial charge in [0.1, 0.15) is 0 Å². The third-order valence-corrected chi connectivity index (χ3v) is 4.49. The first-order chi connectivity index (χ1) is 10.3. The zero-order valence-corrected chi connectivity index (χ0v) is 14.3. The number of hydrogen-bond donors (Lipinski definition) is 0. The highest BCUT2D eigenvalue weighted by molar-refractivity contribution is 5.94. The van der Waals surface area contributed by atoms with Gasteiger partial charge in [0.25, 0.3) is 0 Å².